The Labute approximate surface area is 225 Å². The third-order valence-corrected chi connectivity index (χ3v) is 7.38. The highest BCUT2D eigenvalue weighted by Gasteiger charge is 2.35. The summed E-state index contributed by atoms with van der Waals surface area (Å²) in [6.45, 7) is 5.88. The summed E-state index contributed by atoms with van der Waals surface area (Å²) in [6, 6.07) is 30.4. The third-order valence-electron chi connectivity index (χ3n) is 7.38. The molecule has 0 spiro atoms. The number of rotatable bonds is 10. The summed E-state index contributed by atoms with van der Waals surface area (Å²) in [7, 11) is 0. The maximum atomic E-state index is 13.9. The Kier molecular flexibility index (Phi) is 7.73. The first-order chi connectivity index (χ1) is 18.5. The predicted molar refractivity (Wildman–Crippen MR) is 151 cm³/mol. The minimum absolute atomic E-state index is 0.0358. The molecule has 0 saturated heterocycles. The topological polar surface area (TPSA) is 45.6 Å². The molecule has 1 aliphatic carbocycles. The lowest BCUT2D eigenvalue weighted by atomic mass is 10.1. The van der Waals surface area contributed by atoms with E-state index in [0.717, 1.165) is 36.2 Å². The number of carbonyl (C=O) groups is 2. The molecule has 0 N–H and O–H groups in total. The standard InChI is InChI=1S/C33H35N3O2/c1-25-11-6-8-15-28(25)22-34-20-10-16-30(34)23-35(21-27-13-4-3-5-14-27)32(37)24-36(29-18-19-29)33(38)31-17-9-7-12-26(31)2/h3-17,20,29H,18-19,21-24H2,1-2H3. The molecule has 0 aliphatic heterocycles. The minimum Gasteiger partial charge on any atom is -0.345 e. The van der Waals surface area contributed by atoms with Gasteiger partial charge in [0.05, 0.1) is 6.54 Å². The molecule has 1 fully saturated rings. The summed E-state index contributed by atoms with van der Waals surface area (Å²) >= 11 is 0. The van der Waals surface area contributed by atoms with Crippen LogP contribution in [-0.2, 0) is 24.4 Å². The number of hydrogen-bond donors (Lipinski definition) is 0. The van der Waals surface area contributed by atoms with Crippen molar-refractivity contribution in [2.24, 2.45) is 0 Å². The number of benzene rings is 3. The average Bonchev–Trinajstić information content (AvgIpc) is 3.68. The smallest absolute Gasteiger partial charge is 0.254 e. The molecule has 194 valence electrons. The summed E-state index contributed by atoms with van der Waals surface area (Å²) in [6.07, 6.45) is 3.97. The van der Waals surface area contributed by atoms with Crippen molar-refractivity contribution in [2.75, 3.05) is 6.54 Å². The van der Waals surface area contributed by atoms with Crippen LogP contribution in [0.2, 0.25) is 0 Å². The second-order valence-corrected chi connectivity index (χ2v) is 10.3. The Morgan fingerprint density at radius 3 is 2.18 bits per heavy atom. The van der Waals surface area contributed by atoms with E-state index >= 15 is 0 Å². The van der Waals surface area contributed by atoms with Gasteiger partial charge in [-0.1, -0.05) is 72.8 Å². The van der Waals surface area contributed by atoms with Crippen LogP contribution in [0.25, 0.3) is 0 Å². The van der Waals surface area contributed by atoms with E-state index in [9.17, 15) is 9.59 Å². The van der Waals surface area contributed by atoms with E-state index in [2.05, 4.69) is 48.0 Å². The van der Waals surface area contributed by atoms with Gasteiger partial charge in [-0.25, -0.2) is 0 Å². The molecule has 0 atom stereocenters. The lowest BCUT2D eigenvalue weighted by Gasteiger charge is -2.29. The van der Waals surface area contributed by atoms with E-state index < -0.39 is 0 Å². The van der Waals surface area contributed by atoms with Crippen LogP contribution >= 0.6 is 0 Å². The molecule has 4 aromatic rings. The summed E-state index contributed by atoms with van der Waals surface area (Å²) in [4.78, 5) is 31.1. The van der Waals surface area contributed by atoms with Crippen molar-refractivity contribution in [3.8, 4) is 0 Å². The molecule has 1 heterocycles. The molecule has 1 saturated carbocycles. The van der Waals surface area contributed by atoms with Crippen molar-refractivity contribution < 1.29 is 9.59 Å². The molecular formula is C33H35N3O2. The molecule has 1 aliphatic rings. The minimum atomic E-state index is -0.0541. The number of carbonyl (C=O) groups excluding carboxylic acids is 2. The monoisotopic (exact) mass is 505 g/mol. The van der Waals surface area contributed by atoms with Gasteiger partial charge in [0.2, 0.25) is 5.91 Å². The Bertz CT molecular complexity index is 1400. The molecule has 38 heavy (non-hydrogen) atoms. The molecule has 0 radical (unpaired) electrons. The number of aryl methyl sites for hydroxylation is 2. The van der Waals surface area contributed by atoms with Gasteiger partial charge in [-0.15, -0.1) is 0 Å². The highest BCUT2D eigenvalue weighted by Crippen LogP contribution is 2.29. The van der Waals surface area contributed by atoms with E-state index in [1.54, 1.807) is 4.90 Å². The van der Waals surface area contributed by atoms with E-state index in [4.69, 9.17) is 0 Å². The molecular weight excluding hydrogens is 470 g/mol. The molecule has 5 heteroatoms. The summed E-state index contributed by atoms with van der Waals surface area (Å²) in [5, 5.41) is 0. The lowest BCUT2D eigenvalue weighted by Crippen LogP contribution is -2.44. The van der Waals surface area contributed by atoms with Gasteiger partial charge in [-0.3, -0.25) is 9.59 Å². The molecule has 0 bridgehead atoms. The quantitative estimate of drug-likeness (QED) is 0.266. The highest BCUT2D eigenvalue weighted by molar-refractivity contribution is 5.98. The second-order valence-electron chi connectivity index (χ2n) is 10.3. The Balaban J connectivity index is 1.38. The normalized spacial score (nSPS) is 12.8. The molecule has 5 rings (SSSR count). The van der Waals surface area contributed by atoms with Crippen molar-refractivity contribution in [1.82, 2.24) is 14.4 Å². The lowest BCUT2D eigenvalue weighted by molar-refractivity contribution is -0.133. The van der Waals surface area contributed by atoms with Crippen LogP contribution in [0.15, 0.2) is 97.2 Å². The van der Waals surface area contributed by atoms with Gasteiger partial charge in [0.25, 0.3) is 5.91 Å². The average molecular weight is 506 g/mol. The molecule has 0 unspecified atom stereocenters. The van der Waals surface area contributed by atoms with E-state index in [1.807, 2.05) is 72.5 Å². The van der Waals surface area contributed by atoms with Crippen LogP contribution in [0.4, 0.5) is 0 Å². The first kappa shape index (κ1) is 25.5. The summed E-state index contributed by atoms with van der Waals surface area (Å²) in [5.74, 6) is -0.0899. The van der Waals surface area contributed by atoms with Gasteiger partial charge in [-0.2, -0.15) is 0 Å². The third kappa shape index (κ3) is 6.05. The Hall–Kier alpha value is -4.12. The van der Waals surface area contributed by atoms with Crippen molar-refractivity contribution in [3.05, 3.63) is 131 Å². The van der Waals surface area contributed by atoms with Crippen LogP contribution in [0.5, 0.6) is 0 Å². The molecule has 5 nitrogen and oxygen atoms in total. The van der Waals surface area contributed by atoms with Crippen molar-refractivity contribution in [1.29, 1.82) is 0 Å². The van der Waals surface area contributed by atoms with Crippen molar-refractivity contribution in [3.63, 3.8) is 0 Å². The first-order valence-electron chi connectivity index (χ1n) is 13.4. The largest absolute Gasteiger partial charge is 0.345 e. The van der Waals surface area contributed by atoms with Crippen LogP contribution in [-0.4, -0.2) is 38.8 Å². The van der Waals surface area contributed by atoms with E-state index in [-0.39, 0.29) is 24.4 Å². The zero-order valence-electron chi connectivity index (χ0n) is 22.2. The van der Waals surface area contributed by atoms with Crippen LogP contribution in [0.1, 0.15) is 51.1 Å². The maximum Gasteiger partial charge on any atom is 0.254 e. The number of amides is 2. The summed E-state index contributed by atoms with van der Waals surface area (Å²) < 4.78 is 2.21. The number of hydrogen-bond acceptors (Lipinski definition) is 2. The maximum absolute atomic E-state index is 13.9. The van der Waals surface area contributed by atoms with Crippen LogP contribution < -0.4 is 0 Å². The molecule has 3 aromatic carbocycles. The van der Waals surface area contributed by atoms with Gasteiger partial charge in [0.1, 0.15) is 6.54 Å². The Morgan fingerprint density at radius 1 is 0.789 bits per heavy atom. The van der Waals surface area contributed by atoms with E-state index in [1.165, 1.54) is 11.1 Å². The number of aromatic nitrogens is 1. The van der Waals surface area contributed by atoms with Crippen molar-refractivity contribution in [2.45, 2.75) is 52.4 Å². The first-order valence-corrected chi connectivity index (χ1v) is 13.4. The molecule has 2 amide bonds. The number of nitrogens with zero attached hydrogens (tertiary/aromatic N) is 3. The fourth-order valence-electron chi connectivity index (χ4n) is 4.92. The molecule has 1 aromatic heterocycles. The van der Waals surface area contributed by atoms with Crippen LogP contribution in [0, 0.1) is 13.8 Å². The zero-order valence-corrected chi connectivity index (χ0v) is 22.2. The van der Waals surface area contributed by atoms with Gasteiger partial charge in [0.15, 0.2) is 0 Å². The SMILES string of the molecule is Cc1ccccc1Cn1cccc1CN(Cc1ccccc1)C(=O)CN(C(=O)c1ccccc1C)C1CC1. The van der Waals surface area contributed by atoms with Gasteiger partial charge >= 0.3 is 0 Å². The van der Waals surface area contributed by atoms with Crippen molar-refractivity contribution >= 4 is 11.8 Å². The van der Waals surface area contributed by atoms with Crippen LogP contribution in [0.3, 0.4) is 0 Å². The fourth-order valence-corrected chi connectivity index (χ4v) is 4.92. The summed E-state index contributed by atoms with van der Waals surface area (Å²) in [5.41, 5.74) is 6.26. The van der Waals surface area contributed by atoms with E-state index in [0.29, 0.717) is 18.7 Å². The second kappa shape index (κ2) is 11.5. The highest BCUT2D eigenvalue weighted by atomic mass is 16.2. The fraction of sp³-hybridized carbons (Fsp3) is 0.273. The van der Waals surface area contributed by atoms with Gasteiger partial charge < -0.3 is 14.4 Å². The zero-order chi connectivity index (χ0) is 26.5. The Morgan fingerprint density at radius 2 is 1.47 bits per heavy atom. The predicted octanol–water partition coefficient (Wildman–Crippen LogP) is 5.99. The van der Waals surface area contributed by atoms with Gasteiger partial charge in [0, 0.05) is 36.6 Å². The van der Waals surface area contributed by atoms with Gasteiger partial charge in [-0.05, 0) is 67.1 Å².